The Morgan fingerprint density at radius 3 is 2.76 bits per heavy atom. The first-order chi connectivity index (χ1) is 13.9. The van der Waals surface area contributed by atoms with E-state index in [-0.39, 0.29) is 30.0 Å². The summed E-state index contributed by atoms with van der Waals surface area (Å²) in [4.78, 5) is 35.4. The molecule has 0 spiro atoms. The highest BCUT2D eigenvalue weighted by atomic mass is 35.5. The fraction of sp³-hybridized carbons (Fsp3) is 0.190. The summed E-state index contributed by atoms with van der Waals surface area (Å²) in [7, 11) is 0. The third kappa shape index (κ3) is 4.00. The molecule has 6 nitrogen and oxygen atoms in total. The van der Waals surface area contributed by atoms with Gasteiger partial charge >= 0.3 is 5.97 Å². The number of pyridine rings is 1. The third-order valence-electron chi connectivity index (χ3n) is 4.42. The van der Waals surface area contributed by atoms with Gasteiger partial charge in [-0.25, -0.2) is 9.18 Å². The number of aromatic nitrogens is 1. The first-order valence-electron chi connectivity index (χ1n) is 8.80. The SMILES string of the molecule is CCOc1cc(Cc2cccc(Cl)c2F)cc2c(=O)c(C(=O)O)cn(CC=O)c12. The normalized spacial score (nSPS) is 10.9. The summed E-state index contributed by atoms with van der Waals surface area (Å²) < 4.78 is 21.3. The summed E-state index contributed by atoms with van der Waals surface area (Å²) in [6.45, 7) is 1.88. The largest absolute Gasteiger partial charge is 0.492 e. The molecule has 0 bridgehead atoms. The Morgan fingerprint density at radius 2 is 2.10 bits per heavy atom. The molecule has 0 fully saturated rings. The Balaban J connectivity index is 2.29. The van der Waals surface area contributed by atoms with Crippen molar-refractivity contribution in [2.75, 3.05) is 6.61 Å². The second-order valence-corrected chi connectivity index (χ2v) is 6.72. The Bertz CT molecular complexity index is 1170. The maximum absolute atomic E-state index is 14.3. The monoisotopic (exact) mass is 417 g/mol. The highest BCUT2D eigenvalue weighted by Gasteiger charge is 2.19. The minimum Gasteiger partial charge on any atom is -0.492 e. The van der Waals surface area contributed by atoms with Crippen LogP contribution in [-0.2, 0) is 17.8 Å². The molecule has 150 valence electrons. The van der Waals surface area contributed by atoms with Crippen molar-refractivity contribution in [2.24, 2.45) is 0 Å². The van der Waals surface area contributed by atoms with E-state index in [1.807, 2.05) is 0 Å². The first-order valence-corrected chi connectivity index (χ1v) is 9.17. The fourth-order valence-electron chi connectivity index (χ4n) is 3.21. The predicted octanol–water partition coefficient (Wildman–Crippen LogP) is 3.68. The van der Waals surface area contributed by atoms with E-state index >= 15 is 0 Å². The smallest absolute Gasteiger partial charge is 0.341 e. The molecule has 3 rings (SSSR count). The van der Waals surface area contributed by atoms with Gasteiger partial charge in [-0.15, -0.1) is 0 Å². The average molecular weight is 418 g/mol. The van der Waals surface area contributed by atoms with E-state index in [0.717, 1.165) is 6.20 Å². The standard InChI is InChI=1S/C21H17ClFNO5/c1-2-29-17-10-12(8-13-4-3-5-16(22)18(13)23)9-14-19(17)24(6-7-25)11-15(20(14)26)21(27)28/h3-5,7,9-11H,2,6,8H2,1H3,(H,27,28). The number of carboxylic acids is 1. The Hall–Kier alpha value is -3.19. The zero-order chi connectivity index (χ0) is 21.1. The number of aldehydes is 1. The van der Waals surface area contributed by atoms with Crippen LogP contribution in [-0.4, -0.2) is 28.5 Å². The third-order valence-corrected chi connectivity index (χ3v) is 4.72. The molecule has 29 heavy (non-hydrogen) atoms. The summed E-state index contributed by atoms with van der Waals surface area (Å²) in [6, 6.07) is 7.76. The van der Waals surface area contributed by atoms with Gasteiger partial charge in [-0.2, -0.15) is 0 Å². The molecule has 0 aliphatic rings. The number of hydrogen-bond donors (Lipinski definition) is 1. The molecule has 0 radical (unpaired) electrons. The number of fused-ring (bicyclic) bond motifs is 1. The summed E-state index contributed by atoms with van der Waals surface area (Å²) in [5.74, 6) is -1.66. The Morgan fingerprint density at radius 1 is 1.34 bits per heavy atom. The number of carbonyl (C=O) groups is 2. The van der Waals surface area contributed by atoms with Crippen LogP contribution in [0, 0.1) is 5.82 Å². The molecular formula is C21H17ClFNO5. The zero-order valence-corrected chi connectivity index (χ0v) is 16.2. The quantitative estimate of drug-likeness (QED) is 0.593. The van der Waals surface area contributed by atoms with Gasteiger partial charge in [-0.05, 0) is 36.2 Å². The van der Waals surface area contributed by atoms with E-state index in [1.54, 1.807) is 25.1 Å². The second-order valence-electron chi connectivity index (χ2n) is 6.31. The van der Waals surface area contributed by atoms with E-state index in [2.05, 4.69) is 0 Å². The molecule has 0 unspecified atom stereocenters. The van der Waals surface area contributed by atoms with Gasteiger partial charge in [-0.1, -0.05) is 23.7 Å². The van der Waals surface area contributed by atoms with Crippen molar-refractivity contribution in [2.45, 2.75) is 19.9 Å². The number of halogens is 2. The van der Waals surface area contributed by atoms with Crippen molar-refractivity contribution < 1.29 is 23.8 Å². The van der Waals surface area contributed by atoms with Gasteiger partial charge in [0.2, 0.25) is 5.43 Å². The van der Waals surface area contributed by atoms with Crippen LogP contribution in [0.1, 0.15) is 28.4 Å². The number of ether oxygens (including phenoxy) is 1. The van der Waals surface area contributed by atoms with Crippen LogP contribution in [0.2, 0.25) is 5.02 Å². The van der Waals surface area contributed by atoms with Gasteiger partial charge in [0, 0.05) is 12.6 Å². The number of carboxylic acid groups (broad SMARTS) is 1. The molecule has 0 saturated carbocycles. The molecule has 1 aromatic heterocycles. The average Bonchev–Trinajstić information content (AvgIpc) is 2.68. The van der Waals surface area contributed by atoms with Crippen molar-refractivity contribution in [3.63, 3.8) is 0 Å². The number of rotatable bonds is 7. The number of nitrogens with zero attached hydrogens (tertiary/aromatic N) is 1. The first kappa shape index (κ1) is 20.5. The number of hydrogen-bond acceptors (Lipinski definition) is 4. The van der Waals surface area contributed by atoms with Crippen LogP contribution in [0.5, 0.6) is 5.75 Å². The maximum Gasteiger partial charge on any atom is 0.341 e. The van der Waals surface area contributed by atoms with Gasteiger partial charge in [0.25, 0.3) is 0 Å². The van der Waals surface area contributed by atoms with Crippen molar-refractivity contribution in [3.05, 3.63) is 74.3 Å². The lowest BCUT2D eigenvalue weighted by Crippen LogP contribution is -2.20. The van der Waals surface area contributed by atoms with E-state index < -0.39 is 22.8 Å². The number of carbonyl (C=O) groups excluding carboxylic acids is 1. The molecule has 0 aliphatic heterocycles. The molecule has 0 aliphatic carbocycles. The van der Waals surface area contributed by atoms with E-state index in [1.165, 1.54) is 16.7 Å². The molecule has 1 N–H and O–H groups in total. The lowest BCUT2D eigenvalue weighted by atomic mass is 10.0. The number of aromatic carboxylic acids is 1. The fourth-order valence-corrected chi connectivity index (χ4v) is 3.40. The molecular weight excluding hydrogens is 401 g/mol. The van der Waals surface area contributed by atoms with Crippen LogP contribution < -0.4 is 10.2 Å². The van der Waals surface area contributed by atoms with Crippen LogP contribution >= 0.6 is 11.6 Å². The lowest BCUT2D eigenvalue weighted by Gasteiger charge is -2.16. The van der Waals surface area contributed by atoms with Gasteiger partial charge in [0.05, 0.1) is 29.1 Å². The van der Waals surface area contributed by atoms with Crippen molar-refractivity contribution in [3.8, 4) is 5.75 Å². The van der Waals surface area contributed by atoms with Crippen LogP contribution in [0.15, 0.2) is 41.3 Å². The highest BCUT2D eigenvalue weighted by molar-refractivity contribution is 6.30. The molecule has 0 amide bonds. The second kappa shape index (κ2) is 8.45. The van der Waals surface area contributed by atoms with Crippen LogP contribution in [0.3, 0.4) is 0 Å². The van der Waals surface area contributed by atoms with Gasteiger partial charge < -0.3 is 19.2 Å². The Labute approximate surface area is 170 Å². The maximum atomic E-state index is 14.3. The van der Waals surface area contributed by atoms with Crippen LogP contribution in [0.25, 0.3) is 10.9 Å². The van der Waals surface area contributed by atoms with Gasteiger partial charge in [-0.3, -0.25) is 4.79 Å². The topological polar surface area (TPSA) is 85.6 Å². The minimum atomic E-state index is -1.40. The predicted molar refractivity (Wildman–Crippen MR) is 107 cm³/mol. The summed E-state index contributed by atoms with van der Waals surface area (Å²) in [5.41, 5.74) is 0.00230. The minimum absolute atomic E-state index is 0.0187. The van der Waals surface area contributed by atoms with Crippen LogP contribution in [0.4, 0.5) is 4.39 Å². The molecule has 3 aromatic rings. The van der Waals surface area contributed by atoms with Gasteiger partial charge in [0.15, 0.2) is 0 Å². The van der Waals surface area contributed by atoms with E-state index in [4.69, 9.17) is 16.3 Å². The molecule has 1 heterocycles. The van der Waals surface area contributed by atoms with Crippen molar-refractivity contribution in [1.29, 1.82) is 0 Å². The lowest BCUT2D eigenvalue weighted by molar-refractivity contribution is -0.108. The summed E-state index contributed by atoms with van der Waals surface area (Å²) in [5, 5.41) is 9.42. The summed E-state index contributed by atoms with van der Waals surface area (Å²) >= 11 is 5.84. The molecule has 8 heteroatoms. The molecule has 0 atom stereocenters. The van der Waals surface area contributed by atoms with Gasteiger partial charge in [0.1, 0.15) is 23.4 Å². The zero-order valence-electron chi connectivity index (χ0n) is 15.4. The summed E-state index contributed by atoms with van der Waals surface area (Å²) in [6.07, 6.45) is 1.84. The Kier molecular flexibility index (Phi) is 5.98. The molecule has 2 aromatic carbocycles. The highest BCUT2D eigenvalue weighted by Crippen LogP contribution is 2.29. The number of benzene rings is 2. The van der Waals surface area contributed by atoms with E-state index in [0.29, 0.717) is 28.7 Å². The van der Waals surface area contributed by atoms with Crippen molar-refractivity contribution >= 4 is 34.8 Å². The van der Waals surface area contributed by atoms with Crippen molar-refractivity contribution in [1.82, 2.24) is 4.57 Å². The van der Waals surface area contributed by atoms with E-state index in [9.17, 15) is 23.9 Å². The molecule has 0 saturated heterocycles.